The van der Waals surface area contributed by atoms with E-state index in [4.69, 9.17) is 11.6 Å². The number of rotatable bonds is 9. The van der Waals surface area contributed by atoms with E-state index in [0.29, 0.717) is 13.0 Å². The number of benzene rings is 3. The molecule has 0 radical (unpaired) electrons. The smallest absolute Gasteiger partial charge is 0.252 e. The number of hydrogen-bond acceptors (Lipinski definition) is 3. The largest absolute Gasteiger partial charge is 0.352 e. The van der Waals surface area contributed by atoms with Gasteiger partial charge in [0.2, 0.25) is 10.0 Å². The van der Waals surface area contributed by atoms with E-state index in [2.05, 4.69) is 34.3 Å². The van der Waals surface area contributed by atoms with E-state index in [1.807, 2.05) is 36.4 Å². The highest BCUT2D eigenvalue weighted by Gasteiger charge is 2.20. The Morgan fingerprint density at radius 2 is 1.47 bits per heavy atom. The van der Waals surface area contributed by atoms with Crippen LogP contribution in [0.1, 0.15) is 47.7 Å². The monoisotopic (exact) mass is 470 g/mol. The maximum Gasteiger partial charge on any atom is 0.252 e. The van der Waals surface area contributed by atoms with Crippen molar-refractivity contribution in [3.05, 3.63) is 101 Å². The van der Waals surface area contributed by atoms with Crippen LogP contribution in [0.2, 0.25) is 5.02 Å². The summed E-state index contributed by atoms with van der Waals surface area (Å²) in [6.45, 7) is 3.87. The molecule has 168 valence electrons. The highest BCUT2D eigenvalue weighted by Crippen LogP contribution is 2.27. The Morgan fingerprint density at radius 1 is 0.906 bits per heavy atom. The van der Waals surface area contributed by atoms with E-state index < -0.39 is 15.9 Å². The molecule has 0 bridgehead atoms. The van der Waals surface area contributed by atoms with Crippen molar-refractivity contribution in [2.45, 2.75) is 37.1 Å². The van der Waals surface area contributed by atoms with Crippen LogP contribution in [0.25, 0.3) is 0 Å². The Labute approximate surface area is 194 Å². The molecular weight excluding hydrogens is 444 g/mol. The lowest BCUT2D eigenvalue weighted by atomic mass is 9.88. The van der Waals surface area contributed by atoms with Crippen LogP contribution >= 0.6 is 11.6 Å². The summed E-state index contributed by atoms with van der Waals surface area (Å²) in [7, 11) is -3.73. The van der Waals surface area contributed by atoms with Crippen molar-refractivity contribution in [1.82, 2.24) is 10.0 Å². The molecular formula is C25H27ClN2O3S. The van der Waals surface area contributed by atoms with Crippen molar-refractivity contribution < 1.29 is 13.2 Å². The molecule has 5 nitrogen and oxygen atoms in total. The lowest BCUT2D eigenvalue weighted by Crippen LogP contribution is -2.31. The fourth-order valence-electron chi connectivity index (χ4n) is 3.55. The maximum absolute atomic E-state index is 12.8. The third-order valence-corrected chi connectivity index (χ3v) is 6.99. The normalized spacial score (nSPS) is 11.7. The number of amides is 1. The van der Waals surface area contributed by atoms with Gasteiger partial charge in [-0.25, -0.2) is 13.1 Å². The van der Waals surface area contributed by atoms with Crippen molar-refractivity contribution in [2.24, 2.45) is 0 Å². The molecule has 0 unspecified atom stereocenters. The topological polar surface area (TPSA) is 75.3 Å². The zero-order valence-electron chi connectivity index (χ0n) is 18.1. The van der Waals surface area contributed by atoms with Gasteiger partial charge in [0.25, 0.3) is 5.91 Å². The minimum atomic E-state index is -3.73. The molecule has 32 heavy (non-hydrogen) atoms. The van der Waals surface area contributed by atoms with Crippen molar-refractivity contribution in [2.75, 3.05) is 6.54 Å². The summed E-state index contributed by atoms with van der Waals surface area (Å²) >= 11 is 6.20. The van der Waals surface area contributed by atoms with Gasteiger partial charge in [0, 0.05) is 18.5 Å². The highest BCUT2D eigenvalue weighted by atomic mass is 35.5. The number of sulfonamides is 1. The van der Waals surface area contributed by atoms with Crippen LogP contribution in [-0.4, -0.2) is 26.9 Å². The van der Waals surface area contributed by atoms with Gasteiger partial charge in [-0.15, -0.1) is 0 Å². The van der Waals surface area contributed by atoms with E-state index in [1.54, 1.807) is 13.8 Å². The molecule has 3 aromatic carbocycles. The maximum atomic E-state index is 12.8. The van der Waals surface area contributed by atoms with Crippen LogP contribution in [0.15, 0.2) is 83.8 Å². The minimum Gasteiger partial charge on any atom is -0.352 e. The summed E-state index contributed by atoms with van der Waals surface area (Å²) in [5.41, 5.74) is 2.46. The van der Waals surface area contributed by atoms with Gasteiger partial charge in [-0.2, -0.15) is 0 Å². The lowest BCUT2D eigenvalue weighted by Gasteiger charge is -2.18. The summed E-state index contributed by atoms with van der Waals surface area (Å²) in [5, 5.41) is 3.09. The van der Waals surface area contributed by atoms with Gasteiger partial charge in [0.1, 0.15) is 0 Å². The van der Waals surface area contributed by atoms with E-state index in [-0.39, 0.29) is 27.4 Å². The average molecular weight is 471 g/mol. The molecule has 0 saturated heterocycles. The predicted molar refractivity (Wildman–Crippen MR) is 129 cm³/mol. The number of carbonyl (C=O) groups is 1. The molecule has 0 heterocycles. The average Bonchev–Trinajstić information content (AvgIpc) is 2.77. The van der Waals surface area contributed by atoms with Gasteiger partial charge < -0.3 is 5.32 Å². The van der Waals surface area contributed by atoms with E-state index in [9.17, 15) is 13.2 Å². The summed E-state index contributed by atoms with van der Waals surface area (Å²) in [6.07, 6.45) is 0.685. The van der Waals surface area contributed by atoms with Crippen molar-refractivity contribution >= 4 is 27.5 Å². The zero-order chi connectivity index (χ0) is 23.1. The van der Waals surface area contributed by atoms with Crippen molar-refractivity contribution in [1.29, 1.82) is 0 Å². The van der Waals surface area contributed by atoms with Crippen LogP contribution in [-0.2, 0) is 10.0 Å². The van der Waals surface area contributed by atoms with Gasteiger partial charge in [0.15, 0.2) is 0 Å². The Bertz CT molecular complexity index is 1110. The Hall–Kier alpha value is -2.67. The second-order valence-electron chi connectivity index (χ2n) is 7.84. The van der Waals surface area contributed by atoms with Gasteiger partial charge in [-0.3, -0.25) is 4.79 Å². The molecule has 7 heteroatoms. The van der Waals surface area contributed by atoms with Crippen molar-refractivity contribution in [3.63, 3.8) is 0 Å². The van der Waals surface area contributed by atoms with Gasteiger partial charge in [0.05, 0.1) is 15.5 Å². The van der Waals surface area contributed by atoms with Gasteiger partial charge >= 0.3 is 0 Å². The first kappa shape index (κ1) is 24.0. The van der Waals surface area contributed by atoms with Gasteiger partial charge in [-0.05, 0) is 49.6 Å². The summed E-state index contributed by atoms with van der Waals surface area (Å²) in [5.74, 6) is -0.286. The molecule has 0 atom stereocenters. The minimum absolute atomic E-state index is 0.00666. The van der Waals surface area contributed by atoms with E-state index in [0.717, 1.165) is 0 Å². The Morgan fingerprint density at radius 3 is 2.00 bits per heavy atom. The first-order valence-corrected chi connectivity index (χ1v) is 12.3. The fourth-order valence-corrected chi connectivity index (χ4v) is 5.03. The van der Waals surface area contributed by atoms with Crippen LogP contribution in [0.5, 0.6) is 0 Å². The molecule has 0 fully saturated rings. The van der Waals surface area contributed by atoms with Crippen LogP contribution in [0, 0.1) is 0 Å². The lowest BCUT2D eigenvalue weighted by molar-refractivity contribution is 0.0952. The quantitative estimate of drug-likeness (QED) is 0.463. The van der Waals surface area contributed by atoms with Crippen LogP contribution in [0.4, 0.5) is 0 Å². The molecule has 0 aliphatic carbocycles. The first-order valence-electron chi connectivity index (χ1n) is 10.5. The fraction of sp³-hybridized carbons (Fsp3) is 0.240. The first-order chi connectivity index (χ1) is 15.3. The standard InChI is InChI=1S/C25H27ClN2O3S/c1-18(2)28-32(30,31)21-13-14-24(26)23(17-21)25(29)27-16-15-22(19-9-5-3-6-10-19)20-11-7-4-8-12-20/h3-14,17-18,22,28H,15-16H2,1-2H3,(H,27,29). The summed E-state index contributed by atoms with van der Waals surface area (Å²) in [6, 6.07) is 24.1. The third kappa shape index (κ3) is 6.19. The number of hydrogen-bond donors (Lipinski definition) is 2. The Kier molecular flexibility index (Phi) is 8.07. The van der Waals surface area contributed by atoms with Crippen LogP contribution in [0.3, 0.4) is 0 Å². The zero-order valence-corrected chi connectivity index (χ0v) is 19.7. The molecule has 1 amide bonds. The number of halogens is 1. The second-order valence-corrected chi connectivity index (χ2v) is 9.96. The molecule has 3 rings (SSSR count). The molecule has 0 aliphatic rings. The molecule has 2 N–H and O–H groups in total. The second kappa shape index (κ2) is 10.8. The molecule has 0 saturated carbocycles. The molecule has 0 aromatic heterocycles. The number of nitrogens with one attached hydrogen (secondary N) is 2. The van der Waals surface area contributed by atoms with E-state index >= 15 is 0 Å². The van der Waals surface area contributed by atoms with E-state index in [1.165, 1.54) is 29.3 Å². The number of carbonyl (C=O) groups excluding carboxylic acids is 1. The summed E-state index contributed by atoms with van der Waals surface area (Å²) in [4.78, 5) is 12.8. The molecule has 3 aromatic rings. The molecule has 0 spiro atoms. The SMILES string of the molecule is CC(C)NS(=O)(=O)c1ccc(Cl)c(C(=O)NCCC(c2ccccc2)c2ccccc2)c1. The van der Waals surface area contributed by atoms with Crippen LogP contribution < -0.4 is 10.0 Å². The van der Waals surface area contributed by atoms with Crippen molar-refractivity contribution in [3.8, 4) is 0 Å². The Balaban J connectivity index is 1.74. The third-order valence-electron chi connectivity index (χ3n) is 5.01. The molecule has 0 aliphatic heterocycles. The highest BCUT2D eigenvalue weighted by molar-refractivity contribution is 7.89. The van der Waals surface area contributed by atoms with Gasteiger partial charge in [-0.1, -0.05) is 72.3 Å². The summed E-state index contributed by atoms with van der Waals surface area (Å²) < 4.78 is 27.4. The predicted octanol–water partition coefficient (Wildman–Crippen LogP) is 4.98.